The molecule has 0 heterocycles. The zero-order valence-corrected chi connectivity index (χ0v) is 12.8. The van der Waals surface area contributed by atoms with E-state index in [4.69, 9.17) is 4.74 Å². The van der Waals surface area contributed by atoms with Crippen LogP contribution in [0.15, 0.2) is 35.9 Å². The van der Waals surface area contributed by atoms with Crippen LogP contribution in [-0.4, -0.2) is 23.7 Å². The molecule has 0 radical (unpaired) electrons. The van der Waals surface area contributed by atoms with Gasteiger partial charge in [-0.2, -0.15) is 0 Å². The summed E-state index contributed by atoms with van der Waals surface area (Å²) in [5.41, 5.74) is 0.967. The molecule has 0 unspecified atom stereocenters. The number of carbonyl (C=O) groups is 2. The number of carbonyl (C=O) groups excluding carboxylic acids is 1. The molecule has 4 heteroatoms. The summed E-state index contributed by atoms with van der Waals surface area (Å²) in [4.78, 5) is 23.7. The standard InChI is InChI=1S/C17H22O4/c1-4-5-11-21-17(20)15(16(18)19)14(12(2)3)13-9-7-6-8-10-13/h6-10,12H,4-5,11H2,1-3H3,(H,18,19). The largest absolute Gasteiger partial charge is 0.477 e. The fraction of sp³-hybridized carbons (Fsp3) is 0.412. The number of carboxylic acid groups (broad SMARTS) is 1. The summed E-state index contributed by atoms with van der Waals surface area (Å²) in [6.07, 6.45) is 1.61. The zero-order valence-electron chi connectivity index (χ0n) is 12.8. The van der Waals surface area contributed by atoms with Crippen LogP contribution in [0, 0.1) is 5.92 Å². The van der Waals surface area contributed by atoms with Crippen molar-refractivity contribution >= 4 is 17.5 Å². The van der Waals surface area contributed by atoms with Crippen LogP contribution < -0.4 is 0 Å². The number of hydrogen-bond acceptors (Lipinski definition) is 3. The first-order valence-corrected chi connectivity index (χ1v) is 7.19. The molecule has 1 aromatic carbocycles. The Morgan fingerprint density at radius 1 is 1.19 bits per heavy atom. The van der Waals surface area contributed by atoms with Crippen molar-refractivity contribution < 1.29 is 19.4 Å². The summed E-state index contributed by atoms with van der Waals surface area (Å²) in [6.45, 7) is 5.95. The second-order valence-electron chi connectivity index (χ2n) is 5.10. The van der Waals surface area contributed by atoms with Crippen molar-refractivity contribution in [1.82, 2.24) is 0 Å². The van der Waals surface area contributed by atoms with Gasteiger partial charge in [0.05, 0.1) is 6.61 Å². The molecule has 21 heavy (non-hydrogen) atoms. The summed E-state index contributed by atoms with van der Waals surface area (Å²) in [5.74, 6) is -2.11. The predicted molar refractivity (Wildman–Crippen MR) is 81.7 cm³/mol. The van der Waals surface area contributed by atoms with E-state index in [0.717, 1.165) is 18.4 Å². The maximum atomic E-state index is 12.1. The van der Waals surface area contributed by atoms with Crippen LogP contribution in [0.4, 0.5) is 0 Å². The monoisotopic (exact) mass is 290 g/mol. The van der Waals surface area contributed by atoms with Gasteiger partial charge in [-0.1, -0.05) is 57.5 Å². The molecule has 0 aromatic heterocycles. The van der Waals surface area contributed by atoms with Crippen LogP contribution in [0.1, 0.15) is 39.2 Å². The van der Waals surface area contributed by atoms with Crippen LogP contribution >= 0.6 is 0 Å². The third-order valence-corrected chi connectivity index (χ3v) is 3.08. The Bertz CT molecular complexity index is 515. The number of benzene rings is 1. The highest BCUT2D eigenvalue weighted by Crippen LogP contribution is 2.27. The van der Waals surface area contributed by atoms with E-state index in [1.807, 2.05) is 39.0 Å². The van der Waals surface area contributed by atoms with Crippen LogP contribution in [0.5, 0.6) is 0 Å². The number of hydrogen-bond donors (Lipinski definition) is 1. The highest BCUT2D eigenvalue weighted by molar-refractivity contribution is 6.19. The Balaban J connectivity index is 3.23. The van der Waals surface area contributed by atoms with Gasteiger partial charge in [0.15, 0.2) is 0 Å². The Hall–Kier alpha value is -2.10. The van der Waals surface area contributed by atoms with Gasteiger partial charge in [-0.3, -0.25) is 0 Å². The predicted octanol–water partition coefficient (Wildman–Crippen LogP) is 3.52. The lowest BCUT2D eigenvalue weighted by atomic mass is 9.90. The molecule has 1 aromatic rings. The fourth-order valence-electron chi connectivity index (χ4n) is 2.08. The number of allylic oxidation sites excluding steroid dienone is 1. The van der Waals surface area contributed by atoms with Crippen molar-refractivity contribution in [1.29, 1.82) is 0 Å². The van der Waals surface area contributed by atoms with Gasteiger partial charge < -0.3 is 9.84 Å². The van der Waals surface area contributed by atoms with Crippen molar-refractivity contribution in [2.45, 2.75) is 33.6 Å². The number of ether oxygens (including phenoxy) is 1. The number of carboxylic acids is 1. The SMILES string of the molecule is CCCCOC(=O)C(C(=O)O)=C(c1ccccc1)C(C)C. The third-order valence-electron chi connectivity index (χ3n) is 3.08. The van der Waals surface area contributed by atoms with Gasteiger partial charge in [0, 0.05) is 0 Å². The molecule has 0 atom stereocenters. The average molecular weight is 290 g/mol. The van der Waals surface area contributed by atoms with Gasteiger partial charge in [-0.25, -0.2) is 9.59 Å². The van der Waals surface area contributed by atoms with Crippen LogP contribution in [0.25, 0.3) is 5.57 Å². The molecule has 0 bridgehead atoms. The molecule has 1 rings (SSSR count). The lowest BCUT2D eigenvalue weighted by molar-refractivity contribution is -0.144. The highest BCUT2D eigenvalue weighted by Gasteiger charge is 2.26. The molecule has 0 spiro atoms. The zero-order chi connectivity index (χ0) is 15.8. The lowest BCUT2D eigenvalue weighted by Gasteiger charge is -2.15. The first-order chi connectivity index (χ1) is 9.99. The van der Waals surface area contributed by atoms with Gasteiger partial charge >= 0.3 is 11.9 Å². The number of aliphatic carboxylic acids is 1. The number of esters is 1. The molecule has 0 saturated carbocycles. The summed E-state index contributed by atoms with van der Waals surface area (Å²) in [6, 6.07) is 9.09. The van der Waals surface area contributed by atoms with Gasteiger partial charge in [-0.15, -0.1) is 0 Å². The molecule has 0 aliphatic carbocycles. The molecule has 0 aliphatic rings. The van der Waals surface area contributed by atoms with Crippen molar-refractivity contribution in [3.8, 4) is 0 Å². The Labute approximate surface area is 125 Å². The normalized spacial score (nSPS) is 12.0. The van der Waals surface area contributed by atoms with Crippen LogP contribution in [0.3, 0.4) is 0 Å². The van der Waals surface area contributed by atoms with E-state index < -0.39 is 11.9 Å². The summed E-state index contributed by atoms with van der Waals surface area (Å²) >= 11 is 0. The van der Waals surface area contributed by atoms with Crippen molar-refractivity contribution in [2.24, 2.45) is 5.92 Å². The molecule has 4 nitrogen and oxygen atoms in total. The molecule has 0 aliphatic heterocycles. The van der Waals surface area contributed by atoms with Crippen molar-refractivity contribution in [3.05, 3.63) is 41.5 Å². The van der Waals surface area contributed by atoms with Gasteiger partial charge in [0.2, 0.25) is 0 Å². The maximum Gasteiger partial charge on any atom is 0.345 e. The smallest absolute Gasteiger partial charge is 0.345 e. The Morgan fingerprint density at radius 3 is 2.29 bits per heavy atom. The molecule has 114 valence electrons. The van der Waals surface area contributed by atoms with Gasteiger partial charge in [-0.05, 0) is 23.5 Å². The van der Waals surface area contributed by atoms with Crippen molar-refractivity contribution in [3.63, 3.8) is 0 Å². The van der Waals surface area contributed by atoms with Crippen LogP contribution in [0.2, 0.25) is 0 Å². The minimum Gasteiger partial charge on any atom is -0.477 e. The van der Waals surface area contributed by atoms with E-state index >= 15 is 0 Å². The van der Waals surface area contributed by atoms with E-state index in [1.54, 1.807) is 12.1 Å². The lowest BCUT2D eigenvalue weighted by Crippen LogP contribution is -2.19. The molecule has 0 amide bonds. The quantitative estimate of drug-likeness (QED) is 0.274. The van der Waals surface area contributed by atoms with Gasteiger partial charge in [0.1, 0.15) is 5.57 Å². The minimum atomic E-state index is -1.25. The van der Waals surface area contributed by atoms with Gasteiger partial charge in [0.25, 0.3) is 0 Å². The molecular weight excluding hydrogens is 268 g/mol. The van der Waals surface area contributed by atoms with E-state index in [0.29, 0.717) is 5.57 Å². The Kier molecular flexibility index (Phi) is 6.66. The van der Waals surface area contributed by atoms with Crippen molar-refractivity contribution in [2.75, 3.05) is 6.61 Å². The Morgan fingerprint density at radius 2 is 1.81 bits per heavy atom. The number of rotatable bonds is 7. The van der Waals surface area contributed by atoms with E-state index in [-0.39, 0.29) is 18.1 Å². The highest BCUT2D eigenvalue weighted by atomic mass is 16.5. The molecule has 1 N–H and O–H groups in total. The fourth-order valence-corrected chi connectivity index (χ4v) is 2.08. The summed E-state index contributed by atoms with van der Waals surface area (Å²) < 4.78 is 5.08. The maximum absolute atomic E-state index is 12.1. The van der Waals surface area contributed by atoms with Crippen LogP contribution in [-0.2, 0) is 14.3 Å². The number of unbranched alkanes of at least 4 members (excludes halogenated alkanes) is 1. The average Bonchev–Trinajstić information content (AvgIpc) is 2.44. The molecule has 0 saturated heterocycles. The second kappa shape index (κ2) is 8.25. The minimum absolute atomic E-state index is 0.0998. The second-order valence-corrected chi connectivity index (χ2v) is 5.10. The van der Waals surface area contributed by atoms with E-state index in [2.05, 4.69) is 0 Å². The van der Waals surface area contributed by atoms with E-state index in [9.17, 15) is 14.7 Å². The summed E-state index contributed by atoms with van der Waals surface area (Å²) in [7, 11) is 0. The molecule has 0 fully saturated rings. The third kappa shape index (κ3) is 4.74. The topological polar surface area (TPSA) is 63.6 Å². The molecular formula is C17H22O4. The first kappa shape index (κ1) is 17.0. The summed E-state index contributed by atoms with van der Waals surface area (Å²) in [5, 5.41) is 9.42. The first-order valence-electron chi connectivity index (χ1n) is 7.19. The van der Waals surface area contributed by atoms with E-state index in [1.165, 1.54) is 0 Å².